The van der Waals surface area contributed by atoms with Crippen LogP contribution in [0.1, 0.15) is 18.9 Å². The van der Waals surface area contributed by atoms with Crippen molar-refractivity contribution in [2.24, 2.45) is 0 Å². The van der Waals surface area contributed by atoms with E-state index in [1.165, 1.54) is 0 Å². The Morgan fingerprint density at radius 2 is 2.04 bits per heavy atom. The van der Waals surface area contributed by atoms with Gasteiger partial charge in [0, 0.05) is 17.3 Å². The molecular formula is C19H14Cl2N4O2. The first kappa shape index (κ1) is 17.6. The van der Waals surface area contributed by atoms with E-state index in [4.69, 9.17) is 27.9 Å². The largest absolute Gasteiger partial charge is 0.438 e. The van der Waals surface area contributed by atoms with E-state index in [0.29, 0.717) is 21.6 Å². The highest BCUT2D eigenvalue weighted by atomic mass is 35.5. The molecule has 136 valence electrons. The number of hydrogen-bond donors (Lipinski definition) is 2. The van der Waals surface area contributed by atoms with Crippen molar-refractivity contribution in [1.29, 1.82) is 0 Å². The van der Waals surface area contributed by atoms with Crippen LogP contribution in [0.25, 0.3) is 21.9 Å². The molecule has 0 saturated carbocycles. The third-order valence-corrected chi connectivity index (χ3v) is 4.83. The number of nitrogens with one attached hydrogen (secondary N) is 2. The molecule has 1 amide bonds. The Bertz CT molecular complexity index is 1160. The summed E-state index contributed by atoms with van der Waals surface area (Å²) < 4.78 is 5.42. The van der Waals surface area contributed by atoms with Gasteiger partial charge >= 0.3 is 6.09 Å². The van der Waals surface area contributed by atoms with E-state index in [0.717, 1.165) is 21.9 Å². The lowest BCUT2D eigenvalue weighted by molar-refractivity contribution is 0.117. The van der Waals surface area contributed by atoms with Crippen molar-refractivity contribution in [3.05, 3.63) is 64.5 Å². The number of anilines is 1. The normalized spacial score (nSPS) is 12.3. The molecule has 0 radical (unpaired) electrons. The summed E-state index contributed by atoms with van der Waals surface area (Å²) in [6.45, 7) is 1.74. The van der Waals surface area contributed by atoms with Crippen LogP contribution in [0.3, 0.4) is 0 Å². The summed E-state index contributed by atoms with van der Waals surface area (Å²) in [5.41, 5.74) is 2.99. The van der Waals surface area contributed by atoms with Crippen LogP contribution < -0.4 is 5.32 Å². The quantitative estimate of drug-likeness (QED) is 0.460. The predicted octanol–water partition coefficient (Wildman–Crippen LogP) is 5.73. The van der Waals surface area contributed by atoms with E-state index in [9.17, 15) is 4.79 Å². The lowest BCUT2D eigenvalue weighted by Crippen LogP contribution is -2.16. The number of halogens is 2. The zero-order valence-electron chi connectivity index (χ0n) is 14.2. The number of nitrogens with zero attached hydrogens (tertiary/aromatic N) is 2. The van der Waals surface area contributed by atoms with Gasteiger partial charge in [0.2, 0.25) is 0 Å². The first-order valence-corrected chi connectivity index (χ1v) is 8.93. The smallest absolute Gasteiger partial charge is 0.412 e. The Hall–Kier alpha value is -2.83. The Morgan fingerprint density at radius 3 is 2.85 bits per heavy atom. The molecule has 0 aliphatic heterocycles. The SMILES string of the molecule is C[C@H](OC(=O)Nc1ccc(Cl)c(Cl)c1)c1nc2c(ccc3ncccc32)[nH]1. The van der Waals surface area contributed by atoms with Crippen molar-refractivity contribution < 1.29 is 9.53 Å². The lowest BCUT2D eigenvalue weighted by Gasteiger charge is -2.12. The van der Waals surface area contributed by atoms with Gasteiger partial charge in [-0.2, -0.15) is 0 Å². The van der Waals surface area contributed by atoms with E-state index >= 15 is 0 Å². The first-order valence-electron chi connectivity index (χ1n) is 8.17. The Balaban J connectivity index is 1.53. The highest BCUT2D eigenvalue weighted by Gasteiger charge is 2.17. The van der Waals surface area contributed by atoms with Gasteiger partial charge in [0.25, 0.3) is 0 Å². The molecule has 0 spiro atoms. The number of carbonyl (C=O) groups excluding carboxylic acids is 1. The molecule has 27 heavy (non-hydrogen) atoms. The second-order valence-corrected chi connectivity index (χ2v) is 6.77. The summed E-state index contributed by atoms with van der Waals surface area (Å²) in [5.74, 6) is 0.547. The Labute approximate surface area is 164 Å². The molecule has 0 aliphatic carbocycles. The van der Waals surface area contributed by atoms with Crippen molar-refractivity contribution >= 4 is 56.9 Å². The van der Waals surface area contributed by atoms with E-state index in [1.54, 1.807) is 31.3 Å². The Morgan fingerprint density at radius 1 is 1.19 bits per heavy atom. The van der Waals surface area contributed by atoms with Gasteiger partial charge in [0.15, 0.2) is 6.10 Å². The highest BCUT2D eigenvalue weighted by molar-refractivity contribution is 6.42. The topological polar surface area (TPSA) is 79.9 Å². The van der Waals surface area contributed by atoms with Crippen LogP contribution in [-0.2, 0) is 4.74 Å². The fourth-order valence-corrected chi connectivity index (χ4v) is 3.07. The number of hydrogen-bond acceptors (Lipinski definition) is 4. The van der Waals surface area contributed by atoms with Crippen molar-refractivity contribution in [2.75, 3.05) is 5.32 Å². The fourth-order valence-electron chi connectivity index (χ4n) is 2.77. The number of imidazole rings is 1. The van der Waals surface area contributed by atoms with Gasteiger partial charge in [0.05, 0.1) is 26.6 Å². The fraction of sp³-hybridized carbons (Fsp3) is 0.105. The zero-order chi connectivity index (χ0) is 19.0. The standard InChI is InChI=1S/C19H14Cl2N4O2/c1-10(27-19(26)23-11-4-5-13(20)14(21)9-11)18-24-16-7-6-15-12(17(16)25-18)3-2-8-22-15/h2-10H,1H3,(H,23,26)(H,24,25)/t10-/m0/s1. The minimum absolute atomic E-state index is 0.347. The van der Waals surface area contributed by atoms with E-state index < -0.39 is 12.2 Å². The van der Waals surface area contributed by atoms with Gasteiger partial charge in [-0.05, 0) is 49.4 Å². The van der Waals surface area contributed by atoms with Gasteiger partial charge in [-0.15, -0.1) is 0 Å². The van der Waals surface area contributed by atoms with Crippen LogP contribution in [-0.4, -0.2) is 21.0 Å². The molecule has 0 unspecified atom stereocenters. The third-order valence-electron chi connectivity index (χ3n) is 4.09. The van der Waals surface area contributed by atoms with Gasteiger partial charge in [0.1, 0.15) is 5.82 Å². The maximum absolute atomic E-state index is 12.2. The zero-order valence-corrected chi connectivity index (χ0v) is 15.7. The number of benzene rings is 2. The number of pyridine rings is 1. The molecule has 1 atom stereocenters. The van der Waals surface area contributed by atoms with Crippen molar-refractivity contribution in [2.45, 2.75) is 13.0 Å². The first-order chi connectivity index (χ1) is 13.0. The predicted molar refractivity (Wildman–Crippen MR) is 106 cm³/mol. The van der Waals surface area contributed by atoms with E-state index in [1.807, 2.05) is 24.3 Å². The molecule has 0 saturated heterocycles. The molecule has 4 aromatic rings. The summed E-state index contributed by atoms with van der Waals surface area (Å²) in [6, 6.07) is 12.4. The number of ether oxygens (including phenoxy) is 1. The molecule has 0 fully saturated rings. The Kier molecular flexibility index (Phi) is 4.59. The van der Waals surface area contributed by atoms with Crippen LogP contribution in [0.2, 0.25) is 10.0 Å². The van der Waals surface area contributed by atoms with Gasteiger partial charge in [-0.1, -0.05) is 23.2 Å². The minimum Gasteiger partial charge on any atom is -0.438 e. The number of amides is 1. The molecule has 4 rings (SSSR count). The van der Waals surface area contributed by atoms with Crippen LogP contribution in [0.5, 0.6) is 0 Å². The maximum Gasteiger partial charge on any atom is 0.412 e. The van der Waals surface area contributed by atoms with Crippen molar-refractivity contribution in [3.8, 4) is 0 Å². The highest BCUT2D eigenvalue weighted by Crippen LogP contribution is 2.27. The van der Waals surface area contributed by atoms with Crippen LogP contribution in [0, 0.1) is 0 Å². The summed E-state index contributed by atoms with van der Waals surface area (Å²) in [4.78, 5) is 24.3. The lowest BCUT2D eigenvalue weighted by atomic mass is 10.2. The number of aromatic nitrogens is 3. The van der Waals surface area contributed by atoms with Crippen LogP contribution >= 0.6 is 23.2 Å². The molecule has 0 aliphatic rings. The van der Waals surface area contributed by atoms with Crippen LogP contribution in [0.15, 0.2) is 48.7 Å². The second-order valence-electron chi connectivity index (χ2n) is 5.96. The molecule has 8 heteroatoms. The number of rotatable bonds is 3. The maximum atomic E-state index is 12.2. The molecule has 2 aromatic carbocycles. The van der Waals surface area contributed by atoms with Crippen molar-refractivity contribution in [3.63, 3.8) is 0 Å². The molecule has 0 bridgehead atoms. The average molecular weight is 401 g/mol. The third kappa shape index (κ3) is 3.54. The summed E-state index contributed by atoms with van der Waals surface area (Å²) >= 11 is 11.8. The van der Waals surface area contributed by atoms with Gasteiger partial charge in [-0.3, -0.25) is 10.3 Å². The van der Waals surface area contributed by atoms with Gasteiger partial charge < -0.3 is 9.72 Å². The van der Waals surface area contributed by atoms with E-state index in [2.05, 4.69) is 20.3 Å². The molecular weight excluding hydrogens is 387 g/mol. The monoisotopic (exact) mass is 400 g/mol. The number of aromatic amines is 1. The summed E-state index contributed by atoms with van der Waals surface area (Å²) in [7, 11) is 0. The molecule has 2 aromatic heterocycles. The molecule has 2 heterocycles. The van der Waals surface area contributed by atoms with E-state index in [-0.39, 0.29) is 0 Å². The number of H-pyrrole nitrogens is 1. The second kappa shape index (κ2) is 7.06. The van der Waals surface area contributed by atoms with Gasteiger partial charge in [-0.25, -0.2) is 9.78 Å². The van der Waals surface area contributed by atoms with Crippen molar-refractivity contribution in [1.82, 2.24) is 15.0 Å². The van der Waals surface area contributed by atoms with Crippen LogP contribution in [0.4, 0.5) is 10.5 Å². The average Bonchev–Trinajstić information content (AvgIpc) is 3.10. The number of carbonyl (C=O) groups is 1. The molecule has 2 N–H and O–H groups in total. The minimum atomic E-state index is -0.618. The summed E-state index contributed by atoms with van der Waals surface area (Å²) in [6.07, 6.45) is 0.542. The summed E-state index contributed by atoms with van der Waals surface area (Å²) in [5, 5.41) is 4.31. The molecule has 6 nitrogen and oxygen atoms in total. The number of fused-ring (bicyclic) bond motifs is 3.